The van der Waals surface area contributed by atoms with Crippen molar-refractivity contribution in [1.29, 1.82) is 0 Å². The number of rotatable bonds is 9. The Morgan fingerprint density at radius 2 is 2.14 bits per heavy atom. The molecule has 0 saturated carbocycles. The van der Waals surface area contributed by atoms with E-state index in [1.54, 1.807) is 0 Å². The van der Waals surface area contributed by atoms with Gasteiger partial charge in [-0.1, -0.05) is 26.0 Å². The summed E-state index contributed by atoms with van der Waals surface area (Å²) in [7, 11) is 0. The van der Waals surface area contributed by atoms with Crippen molar-refractivity contribution in [2.45, 2.75) is 40.7 Å². The molecular formula is C21H36IN3O3. The minimum absolute atomic E-state index is 0. The number of guanidine groups is 1. The van der Waals surface area contributed by atoms with Crippen LogP contribution in [-0.2, 0) is 11.3 Å². The zero-order chi connectivity index (χ0) is 19.7. The van der Waals surface area contributed by atoms with Crippen LogP contribution in [-0.4, -0.2) is 50.6 Å². The predicted octanol–water partition coefficient (Wildman–Crippen LogP) is 3.10. The largest absolute Gasteiger partial charge is 0.493 e. The highest BCUT2D eigenvalue weighted by Gasteiger charge is 2.18. The SMILES string of the molecule is CCNC(=NCc1ccc(C)cc1OCC1CCOC1)NCC(C)(C)CO.I. The Bertz CT molecular complexity index is 617. The minimum Gasteiger partial charge on any atom is -0.493 e. The number of aliphatic hydroxyl groups is 1. The zero-order valence-electron chi connectivity index (χ0n) is 17.6. The molecular weight excluding hydrogens is 469 g/mol. The van der Waals surface area contributed by atoms with Gasteiger partial charge in [0.1, 0.15) is 5.75 Å². The first-order chi connectivity index (χ1) is 12.9. The van der Waals surface area contributed by atoms with E-state index in [0.717, 1.165) is 43.5 Å². The molecule has 1 aliphatic heterocycles. The molecule has 1 unspecified atom stereocenters. The summed E-state index contributed by atoms with van der Waals surface area (Å²) in [4.78, 5) is 4.70. The van der Waals surface area contributed by atoms with Crippen LogP contribution in [0, 0.1) is 18.3 Å². The van der Waals surface area contributed by atoms with Gasteiger partial charge >= 0.3 is 0 Å². The van der Waals surface area contributed by atoms with Gasteiger partial charge in [-0.05, 0) is 31.9 Å². The summed E-state index contributed by atoms with van der Waals surface area (Å²) >= 11 is 0. The molecule has 1 atom stereocenters. The van der Waals surface area contributed by atoms with Crippen LogP contribution in [0.3, 0.4) is 0 Å². The van der Waals surface area contributed by atoms with Crippen LogP contribution < -0.4 is 15.4 Å². The van der Waals surface area contributed by atoms with Gasteiger partial charge in [-0.15, -0.1) is 24.0 Å². The highest BCUT2D eigenvalue weighted by molar-refractivity contribution is 14.0. The Balaban J connectivity index is 0.00000392. The molecule has 1 saturated heterocycles. The van der Waals surface area contributed by atoms with Gasteiger partial charge in [0.25, 0.3) is 0 Å². The number of aliphatic hydroxyl groups excluding tert-OH is 1. The van der Waals surface area contributed by atoms with Crippen molar-refractivity contribution < 1.29 is 14.6 Å². The molecule has 6 nitrogen and oxygen atoms in total. The van der Waals surface area contributed by atoms with Crippen molar-refractivity contribution in [1.82, 2.24) is 10.6 Å². The third-order valence-electron chi connectivity index (χ3n) is 4.64. The molecule has 0 aromatic heterocycles. The highest BCUT2D eigenvalue weighted by Crippen LogP contribution is 2.23. The van der Waals surface area contributed by atoms with Gasteiger partial charge in [-0.25, -0.2) is 4.99 Å². The third kappa shape index (κ3) is 8.53. The van der Waals surface area contributed by atoms with Gasteiger partial charge in [0, 0.05) is 43.2 Å². The average Bonchev–Trinajstić information content (AvgIpc) is 3.17. The first-order valence-electron chi connectivity index (χ1n) is 9.86. The normalized spacial score (nSPS) is 17.2. The van der Waals surface area contributed by atoms with Gasteiger partial charge in [0.05, 0.1) is 19.8 Å². The second-order valence-corrected chi connectivity index (χ2v) is 8.02. The lowest BCUT2D eigenvalue weighted by molar-refractivity contribution is 0.162. The van der Waals surface area contributed by atoms with Crippen LogP contribution in [0.1, 0.15) is 38.3 Å². The van der Waals surface area contributed by atoms with Crippen LogP contribution in [0.25, 0.3) is 0 Å². The molecule has 1 aliphatic rings. The maximum Gasteiger partial charge on any atom is 0.191 e. The molecule has 1 aromatic carbocycles. The maximum absolute atomic E-state index is 9.43. The number of ether oxygens (including phenoxy) is 2. The first kappa shape index (κ1) is 25.0. The van der Waals surface area contributed by atoms with E-state index >= 15 is 0 Å². The van der Waals surface area contributed by atoms with Crippen molar-refractivity contribution in [3.8, 4) is 5.75 Å². The Morgan fingerprint density at radius 3 is 2.79 bits per heavy atom. The zero-order valence-corrected chi connectivity index (χ0v) is 19.9. The number of hydrogen-bond donors (Lipinski definition) is 3. The van der Waals surface area contributed by atoms with E-state index in [1.807, 2.05) is 20.8 Å². The Labute approximate surface area is 186 Å². The smallest absolute Gasteiger partial charge is 0.191 e. The summed E-state index contributed by atoms with van der Waals surface area (Å²) in [6.45, 7) is 12.5. The maximum atomic E-state index is 9.43. The molecule has 160 valence electrons. The fourth-order valence-corrected chi connectivity index (χ4v) is 2.73. The number of hydrogen-bond acceptors (Lipinski definition) is 4. The van der Waals surface area contributed by atoms with Crippen molar-refractivity contribution in [2.24, 2.45) is 16.3 Å². The van der Waals surface area contributed by atoms with E-state index < -0.39 is 0 Å². The van der Waals surface area contributed by atoms with Crippen molar-refractivity contribution in [3.63, 3.8) is 0 Å². The third-order valence-corrected chi connectivity index (χ3v) is 4.64. The molecule has 0 amide bonds. The van der Waals surface area contributed by atoms with Crippen molar-refractivity contribution in [2.75, 3.05) is 39.5 Å². The molecule has 0 bridgehead atoms. The van der Waals surface area contributed by atoms with Crippen LogP contribution in [0.15, 0.2) is 23.2 Å². The fourth-order valence-electron chi connectivity index (χ4n) is 2.73. The van der Waals surface area contributed by atoms with Gasteiger partial charge in [0.15, 0.2) is 5.96 Å². The lowest BCUT2D eigenvalue weighted by Crippen LogP contribution is -2.43. The number of halogens is 1. The summed E-state index contributed by atoms with van der Waals surface area (Å²) < 4.78 is 11.5. The molecule has 0 aliphatic carbocycles. The van der Waals surface area contributed by atoms with Crippen LogP contribution in [0.5, 0.6) is 5.75 Å². The summed E-state index contributed by atoms with van der Waals surface area (Å²) in [5.74, 6) is 2.12. The standard InChI is InChI=1S/C21H35N3O3.HI/c1-5-22-20(24-14-21(3,4)15-25)23-11-18-7-6-16(2)10-19(18)27-13-17-8-9-26-12-17;/h6-7,10,17,25H,5,8-9,11-15H2,1-4H3,(H2,22,23,24);1H. The second-order valence-electron chi connectivity index (χ2n) is 8.02. The fraction of sp³-hybridized carbons (Fsp3) is 0.667. The molecule has 1 fully saturated rings. The van der Waals surface area contributed by atoms with Gasteiger partial charge in [-0.3, -0.25) is 0 Å². The van der Waals surface area contributed by atoms with Gasteiger partial charge in [-0.2, -0.15) is 0 Å². The molecule has 0 radical (unpaired) electrons. The Kier molecular flexibility index (Phi) is 11.1. The summed E-state index contributed by atoms with van der Waals surface area (Å²) in [5.41, 5.74) is 2.05. The Morgan fingerprint density at radius 1 is 1.36 bits per heavy atom. The van der Waals surface area contributed by atoms with E-state index in [0.29, 0.717) is 25.6 Å². The lowest BCUT2D eigenvalue weighted by atomic mass is 9.95. The van der Waals surface area contributed by atoms with Crippen LogP contribution in [0.4, 0.5) is 0 Å². The molecule has 2 rings (SSSR count). The molecule has 3 N–H and O–H groups in total. The van der Waals surface area contributed by atoms with E-state index in [1.165, 1.54) is 5.56 Å². The number of aryl methyl sites for hydroxylation is 1. The van der Waals surface area contributed by atoms with Gasteiger partial charge in [0.2, 0.25) is 0 Å². The van der Waals surface area contributed by atoms with Crippen molar-refractivity contribution >= 4 is 29.9 Å². The molecule has 7 heteroatoms. The number of nitrogens with one attached hydrogen (secondary N) is 2. The topological polar surface area (TPSA) is 75.1 Å². The summed E-state index contributed by atoms with van der Waals surface area (Å²) in [6, 6.07) is 6.25. The van der Waals surface area contributed by atoms with E-state index in [4.69, 9.17) is 14.5 Å². The molecule has 1 aromatic rings. The quantitative estimate of drug-likeness (QED) is 0.273. The average molecular weight is 505 g/mol. The second kappa shape index (κ2) is 12.5. The molecule has 28 heavy (non-hydrogen) atoms. The summed E-state index contributed by atoms with van der Waals surface area (Å²) in [5, 5.41) is 16.0. The number of aliphatic imine (C=N–C) groups is 1. The number of nitrogens with zero attached hydrogens (tertiary/aromatic N) is 1. The lowest BCUT2D eigenvalue weighted by Gasteiger charge is -2.23. The summed E-state index contributed by atoms with van der Waals surface area (Å²) in [6.07, 6.45) is 1.06. The van der Waals surface area contributed by atoms with E-state index in [2.05, 4.69) is 35.8 Å². The Hall–Kier alpha value is -1.06. The van der Waals surface area contributed by atoms with E-state index in [9.17, 15) is 5.11 Å². The number of benzene rings is 1. The molecule has 1 heterocycles. The minimum atomic E-state index is -0.197. The first-order valence-corrected chi connectivity index (χ1v) is 9.86. The molecule has 0 spiro atoms. The monoisotopic (exact) mass is 505 g/mol. The van der Waals surface area contributed by atoms with E-state index in [-0.39, 0.29) is 36.0 Å². The predicted molar refractivity (Wildman–Crippen MR) is 125 cm³/mol. The highest BCUT2D eigenvalue weighted by atomic mass is 127. The van der Waals surface area contributed by atoms with Crippen LogP contribution in [0.2, 0.25) is 0 Å². The van der Waals surface area contributed by atoms with Crippen LogP contribution >= 0.6 is 24.0 Å². The van der Waals surface area contributed by atoms with Gasteiger partial charge < -0.3 is 25.2 Å². The van der Waals surface area contributed by atoms with Crippen molar-refractivity contribution in [3.05, 3.63) is 29.3 Å².